The van der Waals surface area contributed by atoms with Crippen molar-refractivity contribution in [2.24, 2.45) is 10.8 Å². The van der Waals surface area contributed by atoms with E-state index < -0.39 is 0 Å². The summed E-state index contributed by atoms with van der Waals surface area (Å²) in [5.74, 6) is 1.36. The summed E-state index contributed by atoms with van der Waals surface area (Å²) in [7, 11) is 0. The largest absolute Gasteiger partial charge is 0.490 e. The molecule has 2 rings (SSSR count). The molecule has 0 saturated heterocycles. The molecule has 0 aliphatic rings. The Morgan fingerprint density at radius 2 is 1.96 bits per heavy atom. The van der Waals surface area contributed by atoms with Gasteiger partial charge in [0.1, 0.15) is 6.61 Å². The van der Waals surface area contributed by atoms with E-state index in [4.69, 9.17) is 15.2 Å². The van der Waals surface area contributed by atoms with E-state index in [2.05, 4.69) is 22.7 Å². The molecule has 6 heteroatoms. The molecule has 5 nitrogen and oxygen atoms in total. The van der Waals surface area contributed by atoms with Gasteiger partial charge in [0.25, 0.3) is 0 Å². The predicted octanol–water partition coefficient (Wildman–Crippen LogP) is 2.83. The van der Waals surface area contributed by atoms with Gasteiger partial charge in [0, 0.05) is 0 Å². The molecule has 23 heavy (non-hydrogen) atoms. The molecular weight excluding hydrogens is 310 g/mol. The lowest BCUT2D eigenvalue weighted by atomic mass is 10.2. The van der Waals surface area contributed by atoms with E-state index in [-0.39, 0.29) is 5.11 Å². The number of thiocarbonyl (C=S) groups is 1. The first-order chi connectivity index (χ1) is 11.2. The lowest BCUT2D eigenvalue weighted by Gasteiger charge is -2.12. The second kappa shape index (κ2) is 8.75. The Morgan fingerprint density at radius 3 is 2.65 bits per heavy atom. The van der Waals surface area contributed by atoms with E-state index in [1.54, 1.807) is 6.21 Å². The van der Waals surface area contributed by atoms with Gasteiger partial charge in [-0.3, -0.25) is 5.43 Å². The van der Waals surface area contributed by atoms with Crippen molar-refractivity contribution in [3.63, 3.8) is 0 Å². The molecular formula is C17H19N3O2S. The highest BCUT2D eigenvalue weighted by Crippen LogP contribution is 2.28. The summed E-state index contributed by atoms with van der Waals surface area (Å²) < 4.78 is 11.5. The normalized spacial score (nSPS) is 10.5. The summed E-state index contributed by atoms with van der Waals surface area (Å²) in [6.07, 6.45) is 1.61. The number of nitrogens with two attached hydrogens (primary N) is 1. The fraction of sp³-hybridized carbons (Fsp3) is 0.176. The standard InChI is InChI=1S/C17H19N3O2S/c1-2-21-16-10-14(11-19-20-17(18)23)8-9-15(16)22-12-13-6-4-3-5-7-13/h3-11H,2,12H2,1H3,(H3,18,20,23)/b19-11-. The van der Waals surface area contributed by atoms with Crippen LogP contribution in [0.4, 0.5) is 0 Å². The van der Waals surface area contributed by atoms with E-state index in [0.29, 0.717) is 24.7 Å². The van der Waals surface area contributed by atoms with Crippen LogP contribution in [0.15, 0.2) is 53.6 Å². The van der Waals surface area contributed by atoms with Gasteiger partial charge in [-0.05, 0) is 48.5 Å². The molecule has 0 radical (unpaired) electrons. The van der Waals surface area contributed by atoms with Crippen LogP contribution in [0, 0.1) is 0 Å². The molecule has 0 spiro atoms. The van der Waals surface area contributed by atoms with E-state index in [0.717, 1.165) is 11.1 Å². The Bertz CT molecular complexity index is 675. The van der Waals surface area contributed by atoms with Crippen LogP contribution in [-0.2, 0) is 6.61 Å². The summed E-state index contributed by atoms with van der Waals surface area (Å²) in [6.45, 7) is 2.96. The molecule has 2 aromatic rings. The van der Waals surface area contributed by atoms with Crippen molar-refractivity contribution in [2.75, 3.05) is 6.61 Å². The zero-order valence-electron chi connectivity index (χ0n) is 12.9. The fourth-order valence-corrected chi connectivity index (χ4v) is 1.95. The van der Waals surface area contributed by atoms with Gasteiger partial charge in [-0.2, -0.15) is 5.10 Å². The van der Waals surface area contributed by atoms with Crippen LogP contribution < -0.4 is 20.6 Å². The number of rotatable bonds is 7. The highest BCUT2D eigenvalue weighted by Gasteiger charge is 2.06. The summed E-state index contributed by atoms with van der Waals surface area (Å²) in [4.78, 5) is 0. The number of hydrogen-bond donors (Lipinski definition) is 2. The van der Waals surface area contributed by atoms with Crippen LogP contribution >= 0.6 is 12.2 Å². The third kappa shape index (κ3) is 5.60. The second-order valence-electron chi connectivity index (χ2n) is 4.65. The highest BCUT2D eigenvalue weighted by molar-refractivity contribution is 7.80. The van der Waals surface area contributed by atoms with Gasteiger partial charge in [-0.1, -0.05) is 30.3 Å². The number of ether oxygens (including phenoxy) is 2. The van der Waals surface area contributed by atoms with Crippen molar-refractivity contribution in [3.05, 3.63) is 59.7 Å². The molecule has 0 aliphatic carbocycles. The van der Waals surface area contributed by atoms with Gasteiger partial charge >= 0.3 is 0 Å². The third-order valence-electron chi connectivity index (χ3n) is 2.89. The fourth-order valence-electron chi connectivity index (χ4n) is 1.90. The summed E-state index contributed by atoms with van der Waals surface area (Å²) >= 11 is 4.69. The van der Waals surface area contributed by atoms with Crippen molar-refractivity contribution in [1.29, 1.82) is 0 Å². The molecule has 0 heterocycles. The number of nitrogens with one attached hydrogen (secondary N) is 1. The molecule has 0 unspecified atom stereocenters. The van der Waals surface area contributed by atoms with E-state index in [9.17, 15) is 0 Å². The lowest BCUT2D eigenvalue weighted by Crippen LogP contribution is -2.23. The third-order valence-corrected chi connectivity index (χ3v) is 2.98. The number of hydrogen-bond acceptors (Lipinski definition) is 4. The molecule has 2 aromatic carbocycles. The minimum atomic E-state index is 0.120. The lowest BCUT2D eigenvalue weighted by molar-refractivity contribution is 0.269. The van der Waals surface area contributed by atoms with Gasteiger partial charge in [-0.25, -0.2) is 0 Å². The first-order valence-electron chi connectivity index (χ1n) is 7.21. The van der Waals surface area contributed by atoms with Crippen LogP contribution in [0.2, 0.25) is 0 Å². The average Bonchev–Trinajstić information content (AvgIpc) is 2.55. The topological polar surface area (TPSA) is 68.9 Å². The zero-order chi connectivity index (χ0) is 16.5. The van der Waals surface area contributed by atoms with Gasteiger partial charge in [-0.15, -0.1) is 0 Å². The first-order valence-corrected chi connectivity index (χ1v) is 7.62. The van der Waals surface area contributed by atoms with Crippen molar-refractivity contribution in [1.82, 2.24) is 5.43 Å². The maximum Gasteiger partial charge on any atom is 0.184 e. The minimum absolute atomic E-state index is 0.120. The van der Waals surface area contributed by atoms with Crippen molar-refractivity contribution in [2.45, 2.75) is 13.5 Å². The summed E-state index contributed by atoms with van der Waals surface area (Å²) in [6, 6.07) is 15.6. The van der Waals surface area contributed by atoms with Crippen molar-refractivity contribution < 1.29 is 9.47 Å². The van der Waals surface area contributed by atoms with Gasteiger partial charge in [0.2, 0.25) is 0 Å². The van der Waals surface area contributed by atoms with Crippen molar-refractivity contribution >= 4 is 23.5 Å². The Morgan fingerprint density at radius 1 is 1.17 bits per heavy atom. The van der Waals surface area contributed by atoms with Crippen LogP contribution in [0.5, 0.6) is 11.5 Å². The Hall–Kier alpha value is -2.60. The summed E-state index contributed by atoms with van der Waals surface area (Å²) in [5, 5.41) is 4.05. The SMILES string of the molecule is CCOc1cc(/C=N\NC(N)=S)ccc1OCc1ccccc1. The van der Waals surface area contributed by atoms with E-state index in [1.165, 1.54) is 0 Å². The molecule has 0 aliphatic heterocycles. The first kappa shape index (κ1) is 16.8. The molecule has 120 valence electrons. The Balaban J connectivity index is 2.09. The highest BCUT2D eigenvalue weighted by atomic mass is 32.1. The number of nitrogens with zero attached hydrogens (tertiary/aromatic N) is 1. The Labute approximate surface area is 141 Å². The van der Waals surface area contributed by atoms with Crippen LogP contribution in [0.1, 0.15) is 18.1 Å². The second-order valence-corrected chi connectivity index (χ2v) is 5.09. The minimum Gasteiger partial charge on any atom is -0.490 e. The van der Waals surface area contributed by atoms with Crippen molar-refractivity contribution in [3.8, 4) is 11.5 Å². The van der Waals surface area contributed by atoms with Crippen LogP contribution in [0.25, 0.3) is 0 Å². The molecule has 0 fully saturated rings. The molecule has 0 bridgehead atoms. The number of benzene rings is 2. The number of hydrazone groups is 1. The quantitative estimate of drug-likeness (QED) is 0.464. The zero-order valence-corrected chi connectivity index (χ0v) is 13.7. The molecule has 0 aromatic heterocycles. The van der Waals surface area contributed by atoms with Crippen LogP contribution in [0.3, 0.4) is 0 Å². The maximum absolute atomic E-state index is 5.85. The monoisotopic (exact) mass is 329 g/mol. The smallest absolute Gasteiger partial charge is 0.184 e. The average molecular weight is 329 g/mol. The maximum atomic E-state index is 5.85. The van der Waals surface area contributed by atoms with E-state index in [1.807, 2.05) is 55.5 Å². The van der Waals surface area contributed by atoms with Gasteiger partial charge in [0.15, 0.2) is 16.6 Å². The van der Waals surface area contributed by atoms with Gasteiger partial charge < -0.3 is 15.2 Å². The summed E-state index contributed by atoms with van der Waals surface area (Å²) in [5.41, 5.74) is 9.78. The van der Waals surface area contributed by atoms with Gasteiger partial charge in [0.05, 0.1) is 12.8 Å². The predicted molar refractivity (Wildman–Crippen MR) is 95.9 cm³/mol. The van der Waals surface area contributed by atoms with E-state index >= 15 is 0 Å². The van der Waals surface area contributed by atoms with Crippen LogP contribution in [-0.4, -0.2) is 17.9 Å². The molecule has 0 atom stereocenters. The molecule has 0 saturated carbocycles. The molecule has 0 amide bonds. The molecule has 3 N–H and O–H groups in total. The Kier molecular flexibility index (Phi) is 6.38.